The molecule has 4 nitrogen and oxygen atoms in total. The van der Waals surface area contributed by atoms with Crippen LogP contribution < -0.4 is 14.4 Å². The lowest BCUT2D eigenvalue weighted by Gasteiger charge is -2.31. The number of fused-ring (bicyclic) bond motifs is 1. The molecule has 0 amide bonds. The summed E-state index contributed by atoms with van der Waals surface area (Å²) in [6.45, 7) is 5.83. The van der Waals surface area contributed by atoms with Crippen LogP contribution in [0.25, 0.3) is 0 Å². The molecule has 3 aromatic carbocycles. The summed E-state index contributed by atoms with van der Waals surface area (Å²) in [5, 5.41) is 0.597. The summed E-state index contributed by atoms with van der Waals surface area (Å²) < 4.78 is 11.0. The van der Waals surface area contributed by atoms with Crippen molar-refractivity contribution in [2.75, 3.05) is 25.3 Å². The Morgan fingerprint density at radius 1 is 1.09 bits per heavy atom. The van der Waals surface area contributed by atoms with Crippen LogP contribution in [-0.4, -0.2) is 26.1 Å². The van der Waals surface area contributed by atoms with E-state index in [1.54, 1.807) is 7.11 Å². The zero-order chi connectivity index (χ0) is 23.4. The first-order chi connectivity index (χ1) is 16.0. The number of aliphatic imine (C=N–C) groups is 1. The van der Waals surface area contributed by atoms with Gasteiger partial charge in [-0.2, -0.15) is 0 Å². The number of methoxy groups -OCH3 is 1. The van der Waals surface area contributed by atoms with Crippen molar-refractivity contribution < 1.29 is 9.47 Å². The SMILES string of the molecule is C#CCOc1ccc2c(c1)C(c1ccc(C(C)C)cc1)=NCN2Cc1ccc(OC)c(Cl)c1. The van der Waals surface area contributed by atoms with Gasteiger partial charge in [0.05, 0.1) is 17.8 Å². The molecule has 0 N–H and O–H groups in total. The number of hydrogen-bond acceptors (Lipinski definition) is 4. The van der Waals surface area contributed by atoms with Crippen molar-refractivity contribution >= 4 is 23.0 Å². The van der Waals surface area contributed by atoms with Gasteiger partial charge in [-0.3, -0.25) is 4.99 Å². The predicted octanol–water partition coefficient (Wildman–Crippen LogP) is 6.30. The summed E-state index contributed by atoms with van der Waals surface area (Å²) >= 11 is 6.35. The van der Waals surface area contributed by atoms with Gasteiger partial charge in [-0.25, -0.2) is 0 Å². The van der Waals surface area contributed by atoms with Gasteiger partial charge in [0, 0.05) is 23.4 Å². The number of halogens is 1. The zero-order valence-electron chi connectivity index (χ0n) is 19.1. The molecule has 4 rings (SSSR count). The number of anilines is 1. The van der Waals surface area contributed by atoms with E-state index in [-0.39, 0.29) is 6.61 Å². The van der Waals surface area contributed by atoms with E-state index in [1.165, 1.54) is 5.56 Å². The van der Waals surface area contributed by atoms with Crippen molar-refractivity contribution in [3.63, 3.8) is 0 Å². The number of nitrogens with zero attached hydrogens (tertiary/aromatic N) is 2. The number of hydrogen-bond donors (Lipinski definition) is 0. The summed E-state index contributed by atoms with van der Waals surface area (Å²) in [7, 11) is 1.62. The van der Waals surface area contributed by atoms with E-state index in [0.29, 0.717) is 29.9 Å². The summed E-state index contributed by atoms with van der Waals surface area (Å²) in [4.78, 5) is 7.19. The second kappa shape index (κ2) is 10.0. The van der Waals surface area contributed by atoms with Crippen LogP contribution in [0, 0.1) is 12.3 Å². The van der Waals surface area contributed by atoms with E-state index in [1.807, 2.05) is 30.3 Å². The van der Waals surface area contributed by atoms with E-state index in [9.17, 15) is 0 Å². The van der Waals surface area contributed by atoms with Crippen LogP contribution in [0.4, 0.5) is 5.69 Å². The van der Waals surface area contributed by atoms with Crippen LogP contribution in [0.1, 0.15) is 42.0 Å². The quantitative estimate of drug-likeness (QED) is 0.389. The maximum atomic E-state index is 6.35. The summed E-state index contributed by atoms with van der Waals surface area (Å²) in [6.07, 6.45) is 5.39. The van der Waals surface area contributed by atoms with Gasteiger partial charge in [-0.15, -0.1) is 6.42 Å². The van der Waals surface area contributed by atoms with E-state index in [0.717, 1.165) is 33.8 Å². The molecule has 0 aromatic heterocycles. The number of benzene rings is 3. The molecule has 0 aliphatic carbocycles. The highest BCUT2D eigenvalue weighted by molar-refractivity contribution is 6.32. The lowest BCUT2D eigenvalue weighted by atomic mass is 9.95. The smallest absolute Gasteiger partial charge is 0.148 e. The van der Waals surface area contributed by atoms with Crippen LogP contribution in [0.15, 0.2) is 65.7 Å². The van der Waals surface area contributed by atoms with Crippen molar-refractivity contribution in [1.29, 1.82) is 0 Å². The molecule has 0 fully saturated rings. The summed E-state index contributed by atoms with van der Waals surface area (Å²) in [6, 6.07) is 20.5. The van der Waals surface area contributed by atoms with Gasteiger partial charge in [0.25, 0.3) is 0 Å². The van der Waals surface area contributed by atoms with Gasteiger partial charge < -0.3 is 14.4 Å². The molecule has 1 aliphatic heterocycles. The molecule has 3 aromatic rings. The fraction of sp³-hybridized carbons (Fsp3) is 0.250. The first-order valence-electron chi connectivity index (χ1n) is 10.9. The average molecular weight is 459 g/mol. The second-order valence-corrected chi connectivity index (χ2v) is 8.67. The van der Waals surface area contributed by atoms with Crippen LogP contribution >= 0.6 is 11.6 Å². The molecule has 5 heteroatoms. The molecule has 1 heterocycles. The molecule has 0 unspecified atom stereocenters. The molecule has 33 heavy (non-hydrogen) atoms. The minimum absolute atomic E-state index is 0.225. The van der Waals surface area contributed by atoms with E-state index < -0.39 is 0 Å². The van der Waals surface area contributed by atoms with Crippen LogP contribution in [0.5, 0.6) is 11.5 Å². The van der Waals surface area contributed by atoms with Crippen molar-refractivity contribution in [1.82, 2.24) is 0 Å². The fourth-order valence-corrected chi connectivity index (χ4v) is 4.23. The maximum absolute atomic E-state index is 6.35. The third kappa shape index (κ3) is 4.99. The van der Waals surface area contributed by atoms with E-state index in [2.05, 4.69) is 55.0 Å². The Balaban J connectivity index is 1.69. The second-order valence-electron chi connectivity index (χ2n) is 8.26. The zero-order valence-corrected chi connectivity index (χ0v) is 19.9. The minimum Gasteiger partial charge on any atom is -0.495 e. The average Bonchev–Trinajstić information content (AvgIpc) is 2.83. The van der Waals surface area contributed by atoms with Gasteiger partial charge in [0.1, 0.15) is 24.8 Å². The topological polar surface area (TPSA) is 34.1 Å². The molecule has 0 radical (unpaired) electrons. The van der Waals surface area contributed by atoms with Gasteiger partial charge in [-0.1, -0.05) is 61.7 Å². The Hall–Kier alpha value is -3.42. The molecule has 0 spiro atoms. The van der Waals surface area contributed by atoms with Crippen LogP contribution in [0.2, 0.25) is 5.02 Å². The molecule has 1 aliphatic rings. The first-order valence-corrected chi connectivity index (χ1v) is 11.3. The Labute approximate surface area is 200 Å². The normalized spacial score (nSPS) is 12.7. The number of ether oxygens (including phenoxy) is 2. The number of rotatable bonds is 7. The summed E-state index contributed by atoms with van der Waals surface area (Å²) in [5.41, 5.74) is 6.54. The van der Waals surface area contributed by atoms with Gasteiger partial charge in [0.2, 0.25) is 0 Å². The monoisotopic (exact) mass is 458 g/mol. The van der Waals surface area contributed by atoms with E-state index in [4.69, 9.17) is 32.5 Å². The van der Waals surface area contributed by atoms with Gasteiger partial charge >= 0.3 is 0 Å². The third-order valence-electron chi connectivity index (χ3n) is 5.73. The molecular weight excluding hydrogens is 432 g/mol. The highest BCUT2D eigenvalue weighted by atomic mass is 35.5. The van der Waals surface area contributed by atoms with Gasteiger partial charge in [-0.05, 0) is 47.4 Å². The maximum Gasteiger partial charge on any atom is 0.148 e. The molecular formula is C28H27ClN2O2. The lowest BCUT2D eigenvalue weighted by molar-refractivity contribution is 0.370. The molecule has 0 bridgehead atoms. The standard InChI is InChI=1S/C28H27ClN2O2/c1-5-14-33-23-11-12-26-24(16-23)28(22-9-7-21(8-10-22)19(2)3)30-18-31(26)17-20-6-13-27(32-4)25(29)15-20/h1,6-13,15-16,19H,14,17-18H2,2-4H3. The largest absolute Gasteiger partial charge is 0.495 e. The van der Waals surface area contributed by atoms with Gasteiger partial charge in [0.15, 0.2) is 0 Å². The van der Waals surface area contributed by atoms with Crippen molar-refractivity contribution in [3.8, 4) is 23.8 Å². The molecule has 168 valence electrons. The van der Waals surface area contributed by atoms with Crippen LogP contribution in [-0.2, 0) is 6.54 Å². The minimum atomic E-state index is 0.225. The highest BCUT2D eigenvalue weighted by Crippen LogP contribution is 2.34. The Kier molecular flexibility index (Phi) is 6.91. The van der Waals surface area contributed by atoms with Crippen LogP contribution in [0.3, 0.4) is 0 Å². The first kappa shape index (κ1) is 22.8. The van der Waals surface area contributed by atoms with Crippen molar-refractivity contribution in [2.24, 2.45) is 4.99 Å². The summed E-state index contributed by atoms with van der Waals surface area (Å²) in [5.74, 6) is 4.40. The predicted molar refractivity (Wildman–Crippen MR) is 136 cm³/mol. The van der Waals surface area contributed by atoms with E-state index >= 15 is 0 Å². The Morgan fingerprint density at radius 2 is 1.88 bits per heavy atom. The fourth-order valence-electron chi connectivity index (χ4n) is 3.95. The van der Waals surface area contributed by atoms with Crippen molar-refractivity contribution in [3.05, 3.63) is 87.9 Å². The molecule has 0 saturated carbocycles. The molecule has 0 atom stereocenters. The molecule has 0 saturated heterocycles. The Bertz CT molecular complexity index is 1210. The Morgan fingerprint density at radius 3 is 2.55 bits per heavy atom. The third-order valence-corrected chi connectivity index (χ3v) is 6.02. The van der Waals surface area contributed by atoms with Crippen molar-refractivity contribution in [2.45, 2.75) is 26.3 Å². The number of terminal acetylenes is 1. The lowest BCUT2D eigenvalue weighted by Crippen LogP contribution is -2.29. The highest BCUT2D eigenvalue weighted by Gasteiger charge is 2.23.